The highest BCUT2D eigenvalue weighted by Gasteiger charge is 2.16. The summed E-state index contributed by atoms with van der Waals surface area (Å²) in [5, 5.41) is 22.7. The second kappa shape index (κ2) is 4.86. The first-order valence-corrected chi connectivity index (χ1v) is 5.86. The quantitative estimate of drug-likeness (QED) is 0.709. The van der Waals surface area contributed by atoms with Gasteiger partial charge in [-0.05, 0) is 24.3 Å². The van der Waals surface area contributed by atoms with Crippen molar-refractivity contribution in [3.8, 4) is 34.3 Å². The number of phenolic OH excluding ortho intramolecular Hbond substituents is 2. The lowest BCUT2D eigenvalue weighted by atomic mass is 10.2. The third kappa shape index (κ3) is 2.40. The highest BCUT2D eigenvalue weighted by molar-refractivity contribution is 5.68. The van der Waals surface area contributed by atoms with Crippen LogP contribution in [0.5, 0.6) is 11.5 Å². The SMILES string of the molecule is Oc1cccc(-c2nc(-c3cc(F)cc(F)c3)no2)c1O. The number of benzene rings is 2. The number of rotatable bonds is 2. The van der Waals surface area contributed by atoms with Gasteiger partial charge in [-0.2, -0.15) is 4.98 Å². The molecule has 0 radical (unpaired) electrons. The molecule has 0 atom stereocenters. The van der Waals surface area contributed by atoms with Crippen LogP contribution in [0.4, 0.5) is 8.78 Å². The molecule has 3 aromatic rings. The molecule has 3 rings (SSSR count). The van der Waals surface area contributed by atoms with Crippen LogP contribution in [0, 0.1) is 11.6 Å². The second-order valence-electron chi connectivity index (χ2n) is 4.25. The number of hydrogen-bond donors (Lipinski definition) is 2. The minimum absolute atomic E-state index is 0.0360. The van der Waals surface area contributed by atoms with Crippen LogP contribution in [0.2, 0.25) is 0 Å². The van der Waals surface area contributed by atoms with Crippen LogP contribution in [0.15, 0.2) is 40.9 Å². The highest BCUT2D eigenvalue weighted by Crippen LogP contribution is 2.35. The molecule has 1 heterocycles. The Morgan fingerprint density at radius 1 is 1.00 bits per heavy atom. The van der Waals surface area contributed by atoms with E-state index in [1.807, 2.05) is 0 Å². The summed E-state index contributed by atoms with van der Waals surface area (Å²) in [4.78, 5) is 3.95. The molecule has 2 N–H and O–H groups in total. The molecule has 0 aliphatic rings. The van der Waals surface area contributed by atoms with Gasteiger partial charge in [0.05, 0.1) is 5.56 Å². The molecular formula is C14H8F2N2O3. The molecule has 106 valence electrons. The van der Waals surface area contributed by atoms with Crippen molar-refractivity contribution in [1.29, 1.82) is 0 Å². The Kier molecular flexibility index (Phi) is 3.02. The Labute approximate surface area is 117 Å². The zero-order valence-corrected chi connectivity index (χ0v) is 10.4. The van der Waals surface area contributed by atoms with Gasteiger partial charge in [0, 0.05) is 11.6 Å². The lowest BCUT2D eigenvalue weighted by Crippen LogP contribution is -1.86. The largest absolute Gasteiger partial charge is 0.504 e. The number of halogens is 2. The summed E-state index contributed by atoms with van der Waals surface area (Å²) in [5.74, 6) is -2.41. The van der Waals surface area contributed by atoms with E-state index in [4.69, 9.17) is 4.52 Å². The van der Waals surface area contributed by atoms with E-state index in [2.05, 4.69) is 10.1 Å². The van der Waals surface area contributed by atoms with Crippen molar-refractivity contribution in [2.75, 3.05) is 0 Å². The third-order valence-corrected chi connectivity index (χ3v) is 2.79. The monoisotopic (exact) mass is 290 g/mol. The molecule has 0 fully saturated rings. The molecule has 0 aliphatic heterocycles. The van der Waals surface area contributed by atoms with Gasteiger partial charge >= 0.3 is 0 Å². The summed E-state index contributed by atoms with van der Waals surface area (Å²) in [6.07, 6.45) is 0. The molecular weight excluding hydrogens is 282 g/mol. The van der Waals surface area contributed by atoms with Gasteiger partial charge in [-0.15, -0.1) is 0 Å². The Morgan fingerprint density at radius 3 is 2.43 bits per heavy atom. The summed E-state index contributed by atoms with van der Waals surface area (Å²) in [7, 11) is 0. The van der Waals surface area contributed by atoms with E-state index in [9.17, 15) is 19.0 Å². The molecule has 5 nitrogen and oxygen atoms in total. The van der Waals surface area contributed by atoms with Gasteiger partial charge in [0.15, 0.2) is 11.5 Å². The van der Waals surface area contributed by atoms with Crippen molar-refractivity contribution >= 4 is 0 Å². The summed E-state index contributed by atoms with van der Waals surface area (Å²) in [6, 6.07) is 7.07. The van der Waals surface area contributed by atoms with Gasteiger partial charge in [0.1, 0.15) is 11.6 Å². The maximum Gasteiger partial charge on any atom is 0.262 e. The van der Waals surface area contributed by atoms with E-state index in [0.29, 0.717) is 0 Å². The molecule has 0 saturated carbocycles. The Morgan fingerprint density at radius 2 is 1.71 bits per heavy atom. The van der Waals surface area contributed by atoms with Crippen molar-refractivity contribution in [2.24, 2.45) is 0 Å². The van der Waals surface area contributed by atoms with Crippen LogP contribution in [0.3, 0.4) is 0 Å². The molecule has 0 spiro atoms. The minimum atomic E-state index is -0.767. The summed E-state index contributed by atoms with van der Waals surface area (Å²) < 4.78 is 31.3. The number of aromatic hydroxyl groups is 2. The number of hydrogen-bond acceptors (Lipinski definition) is 5. The van der Waals surface area contributed by atoms with Gasteiger partial charge in [-0.1, -0.05) is 11.2 Å². The number of para-hydroxylation sites is 1. The van der Waals surface area contributed by atoms with E-state index >= 15 is 0 Å². The fraction of sp³-hybridized carbons (Fsp3) is 0. The first-order chi connectivity index (χ1) is 10.0. The van der Waals surface area contributed by atoms with Crippen LogP contribution < -0.4 is 0 Å². The zero-order chi connectivity index (χ0) is 15.0. The predicted octanol–water partition coefficient (Wildman–Crippen LogP) is 3.09. The summed E-state index contributed by atoms with van der Waals surface area (Å²) >= 11 is 0. The highest BCUT2D eigenvalue weighted by atomic mass is 19.1. The van der Waals surface area contributed by atoms with Crippen LogP contribution in [0.25, 0.3) is 22.8 Å². The molecule has 2 aromatic carbocycles. The van der Waals surface area contributed by atoms with Gasteiger partial charge in [0.2, 0.25) is 5.82 Å². The lowest BCUT2D eigenvalue weighted by Gasteiger charge is -2.00. The minimum Gasteiger partial charge on any atom is -0.504 e. The third-order valence-electron chi connectivity index (χ3n) is 2.79. The zero-order valence-electron chi connectivity index (χ0n) is 10.4. The average Bonchev–Trinajstić information content (AvgIpc) is 2.90. The van der Waals surface area contributed by atoms with Gasteiger partial charge < -0.3 is 14.7 Å². The molecule has 7 heteroatoms. The number of phenols is 2. The van der Waals surface area contributed by atoms with Crippen LogP contribution in [0.1, 0.15) is 0 Å². The molecule has 0 amide bonds. The molecule has 0 bridgehead atoms. The van der Waals surface area contributed by atoms with Crippen LogP contribution in [-0.4, -0.2) is 20.4 Å². The van der Waals surface area contributed by atoms with Crippen molar-refractivity contribution < 1.29 is 23.5 Å². The van der Waals surface area contributed by atoms with Gasteiger partial charge in [0.25, 0.3) is 5.89 Å². The van der Waals surface area contributed by atoms with Crippen molar-refractivity contribution in [1.82, 2.24) is 10.1 Å². The lowest BCUT2D eigenvalue weighted by molar-refractivity contribution is 0.397. The molecule has 1 aromatic heterocycles. The van der Waals surface area contributed by atoms with Crippen molar-refractivity contribution in [3.05, 3.63) is 48.0 Å². The van der Waals surface area contributed by atoms with Crippen molar-refractivity contribution in [3.63, 3.8) is 0 Å². The van der Waals surface area contributed by atoms with Crippen LogP contribution >= 0.6 is 0 Å². The van der Waals surface area contributed by atoms with Crippen molar-refractivity contribution in [2.45, 2.75) is 0 Å². The topological polar surface area (TPSA) is 79.4 Å². The maximum atomic E-state index is 13.2. The molecule has 21 heavy (non-hydrogen) atoms. The standard InChI is InChI=1S/C14H8F2N2O3/c15-8-4-7(5-9(16)6-8)13-17-14(21-18-13)10-2-1-3-11(19)12(10)20/h1-6,19-20H. The van der Waals surface area contributed by atoms with Gasteiger partial charge in [-0.3, -0.25) is 0 Å². The Bertz CT molecular complexity index is 797. The Hall–Kier alpha value is -2.96. The van der Waals surface area contributed by atoms with E-state index in [1.165, 1.54) is 18.2 Å². The van der Waals surface area contributed by atoms with Crippen LogP contribution in [-0.2, 0) is 0 Å². The molecule has 0 aliphatic carbocycles. The summed E-state index contributed by atoms with van der Waals surface area (Å²) in [6.45, 7) is 0. The fourth-order valence-electron chi connectivity index (χ4n) is 1.84. The molecule has 0 saturated heterocycles. The van der Waals surface area contributed by atoms with E-state index in [0.717, 1.165) is 18.2 Å². The van der Waals surface area contributed by atoms with E-state index in [-0.39, 0.29) is 28.6 Å². The smallest absolute Gasteiger partial charge is 0.262 e. The molecule has 0 unspecified atom stereocenters. The van der Waals surface area contributed by atoms with Gasteiger partial charge in [-0.25, -0.2) is 8.78 Å². The maximum absolute atomic E-state index is 13.2. The fourth-order valence-corrected chi connectivity index (χ4v) is 1.84. The van der Waals surface area contributed by atoms with E-state index in [1.54, 1.807) is 0 Å². The predicted molar refractivity (Wildman–Crippen MR) is 68.4 cm³/mol. The first kappa shape index (κ1) is 13.0. The normalized spacial score (nSPS) is 10.8. The Balaban J connectivity index is 2.06. The number of nitrogens with zero attached hydrogens (tertiary/aromatic N) is 2. The first-order valence-electron chi connectivity index (χ1n) is 5.86. The summed E-state index contributed by atoms with van der Waals surface area (Å²) in [5.41, 5.74) is 0.216. The van der Waals surface area contributed by atoms with E-state index < -0.39 is 17.4 Å². The second-order valence-corrected chi connectivity index (χ2v) is 4.25. The number of aromatic nitrogens is 2. The average molecular weight is 290 g/mol.